The van der Waals surface area contributed by atoms with Gasteiger partial charge in [0.25, 0.3) is 5.91 Å². The van der Waals surface area contributed by atoms with Crippen LogP contribution in [0.15, 0.2) is 55.4 Å². The fraction of sp³-hybridized carbons (Fsp3) is 0.441. The predicted octanol–water partition coefficient (Wildman–Crippen LogP) is 5.10. The third-order valence-corrected chi connectivity index (χ3v) is 10.3. The molecule has 3 aromatic rings. The molecule has 1 aliphatic carbocycles. The van der Waals surface area contributed by atoms with Crippen LogP contribution in [0, 0.1) is 11.3 Å². The number of benzene rings is 2. The van der Waals surface area contributed by atoms with Gasteiger partial charge in [-0.05, 0) is 66.6 Å². The number of rotatable bonds is 6. The maximum absolute atomic E-state index is 14.5. The molecule has 1 spiro atoms. The Balaban J connectivity index is 1.18. The number of amides is 2. The van der Waals surface area contributed by atoms with Crippen molar-refractivity contribution in [2.24, 2.45) is 18.4 Å². The molecule has 4 heterocycles. The first kappa shape index (κ1) is 29.4. The van der Waals surface area contributed by atoms with E-state index in [2.05, 4.69) is 29.9 Å². The molecule has 2 aromatic carbocycles. The summed E-state index contributed by atoms with van der Waals surface area (Å²) in [6.07, 6.45) is 3.84. The lowest BCUT2D eigenvalue weighted by Crippen LogP contribution is -2.43. The number of aromatic nitrogens is 3. The summed E-state index contributed by atoms with van der Waals surface area (Å²) >= 11 is 0. The Labute approximate surface area is 259 Å². The molecule has 0 radical (unpaired) electrons. The van der Waals surface area contributed by atoms with Crippen LogP contribution in [0.4, 0.5) is 18.9 Å². The van der Waals surface area contributed by atoms with Crippen molar-refractivity contribution in [1.29, 1.82) is 0 Å². The van der Waals surface area contributed by atoms with Crippen LogP contribution in [0.25, 0.3) is 0 Å². The molecular weight excluding hydrogens is 581 g/mol. The van der Waals surface area contributed by atoms with E-state index in [1.807, 2.05) is 34.4 Å². The van der Waals surface area contributed by atoms with Crippen molar-refractivity contribution in [3.05, 3.63) is 89.0 Å². The lowest BCUT2D eigenvalue weighted by molar-refractivity contribution is -0.532. The summed E-state index contributed by atoms with van der Waals surface area (Å²) in [6.45, 7) is 7.76. The van der Waals surface area contributed by atoms with Crippen molar-refractivity contribution in [3.63, 3.8) is 0 Å². The summed E-state index contributed by atoms with van der Waals surface area (Å²) in [7, 11) is 1.91. The highest BCUT2D eigenvalue weighted by atomic mass is 19.4. The first-order valence-electron chi connectivity index (χ1n) is 15.4. The molecule has 1 aromatic heterocycles. The van der Waals surface area contributed by atoms with Crippen LogP contribution in [0.3, 0.4) is 0 Å². The number of halogens is 3. The Morgan fingerprint density at radius 3 is 2.69 bits per heavy atom. The Hall–Kier alpha value is -4.28. The molecule has 11 heteroatoms. The summed E-state index contributed by atoms with van der Waals surface area (Å²) in [5.74, 6) is 0.795. The maximum atomic E-state index is 14.5. The Bertz CT molecular complexity index is 1750. The van der Waals surface area contributed by atoms with Crippen molar-refractivity contribution in [3.8, 4) is 0 Å². The van der Waals surface area contributed by atoms with Crippen LogP contribution < -0.4 is 4.90 Å². The molecule has 1 saturated carbocycles. The smallest absolute Gasteiger partial charge is 0.338 e. The number of aryl methyl sites for hydroxylation is 1. The summed E-state index contributed by atoms with van der Waals surface area (Å²) in [5.41, 5.74) is 0.803. The molecule has 1 saturated heterocycles. The zero-order chi connectivity index (χ0) is 31.7. The van der Waals surface area contributed by atoms with Gasteiger partial charge in [0.2, 0.25) is 5.91 Å². The van der Waals surface area contributed by atoms with Gasteiger partial charge in [0, 0.05) is 43.4 Å². The lowest BCUT2D eigenvalue weighted by atomic mass is 9.58. The number of carbonyl (C=O) groups is 2. The summed E-state index contributed by atoms with van der Waals surface area (Å²) in [5, 5.41) is 8.49. The van der Waals surface area contributed by atoms with Crippen LogP contribution in [0.1, 0.15) is 71.0 Å². The molecule has 0 bridgehead atoms. The zero-order valence-corrected chi connectivity index (χ0v) is 25.5. The molecule has 0 unspecified atom stereocenters. The normalized spacial score (nSPS) is 25.9. The molecular formula is C34H36F3N6O2+. The Kier molecular flexibility index (Phi) is 6.79. The minimum absolute atomic E-state index is 0.0122. The molecule has 3 aliphatic heterocycles. The quantitative estimate of drug-likeness (QED) is 0.285. The number of anilines is 1. The highest BCUT2D eigenvalue weighted by Gasteiger charge is 2.49. The number of likely N-dealkylation sites (tertiary alicyclic amines) is 1. The minimum Gasteiger partial charge on any atom is -0.338 e. The van der Waals surface area contributed by atoms with Gasteiger partial charge in [-0.3, -0.25) is 9.59 Å². The predicted molar refractivity (Wildman–Crippen MR) is 162 cm³/mol. The zero-order valence-electron chi connectivity index (χ0n) is 25.5. The second-order valence-corrected chi connectivity index (χ2v) is 13.4. The number of carbonyl (C=O) groups excluding carboxylic acids is 2. The molecule has 4 aliphatic rings. The molecule has 234 valence electrons. The van der Waals surface area contributed by atoms with E-state index in [9.17, 15) is 22.8 Å². The van der Waals surface area contributed by atoms with E-state index in [1.165, 1.54) is 17.0 Å². The van der Waals surface area contributed by atoms with Gasteiger partial charge in [-0.2, -0.15) is 13.2 Å². The molecule has 2 fully saturated rings. The van der Waals surface area contributed by atoms with Gasteiger partial charge in [0.15, 0.2) is 6.54 Å². The van der Waals surface area contributed by atoms with Crippen molar-refractivity contribution >= 4 is 23.7 Å². The highest BCUT2D eigenvalue weighted by Crippen LogP contribution is 2.52. The Morgan fingerprint density at radius 1 is 1.20 bits per heavy atom. The van der Waals surface area contributed by atoms with Crippen molar-refractivity contribution in [1.82, 2.24) is 19.7 Å². The second-order valence-electron chi connectivity index (χ2n) is 13.4. The van der Waals surface area contributed by atoms with Crippen LogP contribution in [-0.2, 0) is 36.5 Å². The van der Waals surface area contributed by atoms with Gasteiger partial charge in [0.05, 0.1) is 22.9 Å². The van der Waals surface area contributed by atoms with E-state index in [1.54, 1.807) is 23.4 Å². The van der Waals surface area contributed by atoms with E-state index in [0.717, 1.165) is 37.1 Å². The molecule has 2 amide bonds. The SMILES string of the molecule is C=CC(=O)N1CC[C@@]2(C=[N+](Cc3cc4c(c(C(F)(F)F)c3)CN(c3cccc(C5(c6nncn6C)CC(C)C5)c3)C4=O)CC2)C1. The summed E-state index contributed by atoms with van der Waals surface area (Å²) < 4.78 is 47.4. The topological polar surface area (TPSA) is 74.3 Å². The summed E-state index contributed by atoms with van der Waals surface area (Å²) in [6, 6.07) is 10.4. The van der Waals surface area contributed by atoms with Crippen molar-refractivity contribution in [2.45, 2.75) is 57.3 Å². The van der Waals surface area contributed by atoms with Gasteiger partial charge in [0.1, 0.15) is 24.9 Å². The van der Waals surface area contributed by atoms with Crippen molar-refractivity contribution in [2.75, 3.05) is 24.5 Å². The monoisotopic (exact) mass is 617 g/mol. The molecule has 8 nitrogen and oxygen atoms in total. The second kappa shape index (κ2) is 10.4. The average Bonchev–Trinajstić information content (AvgIpc) is 3.78. The molecule has 1 atom stereocenters. The third kappa shape index (κ3) is 4.87. The first-order chi connectivity index (χ1) is 21.4. The lowest BCUT2D eigenvalue weighted by Gasteiger charge is -2.46. The number of hydrogen-bond donors (Lipinski definition) is 0. The van der Waals surface area contributed by atoms with Gasteiger partial charge in [-0.15, -0.1) is 10.2 Å². The third-order valence-electron chi connectivity index (χ3n) is 10.3. The average molecular weight is 618 g/mol. The number of fused-ring (bicyclic) bond motifs is 1. The van der Waals surface area contributed by atoms with Crippen LogP contribution >= 0.6 is 0 Å². The highest BCUT2D eigenvalue weighted by molar-refractivity contribution is 6.10. The Morgan fingerprint density at radius 2 is 2.00 bits per heavy atom. The largest absolute Gasteiger partial charge is 0.416 e. The first-order valence-corrected chi connectivity index (χ1v) is 15.4. The molecule has 0 N–H and O–H groups in total. The summed E-state index contributed by atoms with van der Waals surface area (Å²) in [4.78, 5) is 29.2. The minimum atomic E-state index is -4.61. The van der Waals surface area contributed by atoms with Gasteiger partial charge >= 0.3 is 6.18 Å². The van der Waals surface area contributed by atoms with Gasteiger partial charge < -0.3 is 14.4 Å². The fourth-order valence-electron chi connectivity index (χ4n) is 8.15. The van der Waals surface area contributed by atoms with E-state index >= 15 is 0 Å². The number of nitrogens with zero attached hydrogens (tertiary/aromatic N) is 6. The molecule has 7 rings (SSSR count). The maximum Gasteiger partial charge on any atom is 0.416 e. The van der Waals surface area contributed by atoms with Crippen LogP contribution in [0.2, 0.25) is 0 Å². The fourth-order valence-corrected chi connectivity index (χ4v) is 8.15. The number of hydrogen-bond acceptors (Lipinski definition) is 4. The molecule has 45 heavy (non-hydrogen) atoms. The van der Waals surface area contributed by atoms with Gasteiger partial charge in [-0.1, -0.05) is 25.6 Å². The standard InChI is InChI=1S/C34H36F3N6O2/c1-4-29(44)42-11-9-32(20-42)8-10-41(19-32)17-23-12-26-27(28(13-23)34(35,36)37)18-43(30(26)45)25-7-5-6-24(14-25)33(15-22(2)16-33)31-39-38-21-40(31)3/h4-7,12-14,19,21-22H,1,8-11,15-18,20H2,2-3H3/q+1/t22?,32-,33?/m0/s1. The van der Waals surface area contributed by atoms with E-state index in [4.69, 9.17) is 0 Å². The van der Waals surface area contributed by atoms with E-state index < -0.39 is 17.6 Å². The van der Waals surface area contributed by atoms with Crippen molar-refractivity contribution < 1.29 is 27.3 Å². The van der Waals surface area contributed by atoms with Crippen LogP contribution in [0.5, 0.6) is 0 Å². The number of alkyl halides is 3. The van der Waals surface area contributed by atoms with E-state index in [0.29, 0.717) is 36.8 Å². The van der Waals surface area contributed by atoms with Gasteiger partial charge in [-0.25, -0.2) is 4.58 Å². The van der Waals surface area contributed by atoms with Crippen LogP contribution in [-0.4, -0.2) is 61.9 Å². The van der Waals surface area contributed by atoms with E-state index in [-0.39, 0.29) is 41.0 Å².